The Labute approximate surface area is 168 Å². The molecule has 3 aliphatic rings. The van der Waals surface area contributed by atoms with Crippen LogP contribution in [0.5, 0.6) is 0 Å². The van der Waals surface area contributed by atoms with Gasteiger partial charge in [0.05, 0.1) is 5.57 Å². The van der Waals surface area contributed by atoms with Gasteiger partial charge in [-0.2, -0.15) is 0 Å². The molecule has 5 nitrogen and oxygen atoms in total. The van der Waals surface area contributed by atoms with Crippen LogP contribution in [0, 0.1) is 5.82 Å². The van der Waals surface area contributed by atoms with Gasteiger partial charge < -0.3 is 20.1 Å². The molecule has 2 aromatic carbocycles. The number of hydrogen-bond acceptors (Lipinski definition) is 4. The predicted octanol–water partition coefficient (Wildman–Crippen LogP) is 3.49. The summed E-state index contributed by atoms with van der Waals surface area (Å²) in [6.07, 6.45) is 3.07. The number of halogens is 1. The van der Waals surface area contributed by atoms with Crippen molar-refractivity contribution in [3.8, 4) is 0 Å². The van der Waals surface area contributed by atoms with Gasteiger partial charge in [0.2, 0.25) is 0 Å². The number of nitrogens with one attached hydrogen (secondary N) is 2. The molecule has 1 amide bonds. The van der Waals surface area contributed by atoms with Crippen molar-refractivity contribution in [2.75, 3.05) is 25.1 Å². The van der Waals surface area contributed by atoms with Gasteiger partial charge in [0, 0.05) is 41.6 Å². The van der Waals surface area contributed by atoms with Crippen LogP contribution in [0.25, 0.3) is 11.3 Å². The predicted molar refractivity (Wildman–Crippen MR) is 109 cm³/mol. The molecule has 0 spiro atoms. The molecule has 150 valence electrons. The van der Waals surface area contributed by atoms with Crippen molar-refractivity contribution in [1.29, 1.82) is 0 Å². The molecular formula is C23H23FN2O3. The fraction of sp³-hybridized carbons (Fsp3) is 0.348. The Balaban J connectivity index is 1.35. The van der Waals surface area contributed by atoms with Crippen LogP contribution in [0.3, 0.4) is 0 Å². The molecule has 0 aliphatic carbocycles. The van der Waals surface area contributed by atoms with Gasteiger partial charge >= 0.3 is 0 Å². The zero-order valence-corrected chi connectivity index (χ0v) is 16.1. The zero-order chi connectivity index (χ0) is 19.8. The quantitative estimate of drug-likeness (QED) is 0.780. The van der Waals surface area contributed by atoms with Gasteiger partial charge in [0.15, 0.2) is 0 Å². The molecule has 3 heterocycles. The smallest absolute Gasteiger partial charge is 0.260 e. The van der Waals surface area contributed by atoms with E-state index in [9.17, 15) is 9.18 Å². The van der Waals surface area contributed by atoms with Crippen molar-refractivity contribution in [2.24, 2.45) is 0 Å². The maximum absolute atomic E-state index is 13.7. The van der Waals surface area contributed by atoms with Crippen LogP contribution >= 0.6 is 0 Å². The summed E-state index contributed by atoms with van der Waals surface area (Å²) in [4.78, 5) is 12.5. The van der Waals surface area contributed by atoms with Crippen LogP contribution in [-0.4, -0.2) is 31.7 Å². The molecule has 0 radical (unpaired) electrons. The van der Waals surface area contributed by atoms with Crippen molar-refractivity contribution in [2.45, 2.75) is 31.9 Å². The molecule has 2 aromatic rings. The van der Waals surface area contributed by atoms with Gasteiger partial charge in [0.25, 0.3) is 5.91 Å². The monoisotopic (exact) mass is 394 g/mol. The lowest BCUT2D eigenvalue weighted by Crippen LogP contribution is -2.35. The summed E-state index contributed by atoms with van der Waals surface area (Å²) in [6.45, 7) is 3.03. The highest BCUT2D eigenvalue weighted by molar-refractivity contribution is 6.36. The number of ether oxygens (including phenoxy) is 2. The maximum Gasteiger partial charge on any atom is 0.260 e. The standard InChI is InChI=1S/C23H23FN2O3/c24-16-2-4-20-19(12-16)21(23(27)26-20)22-18-3-1-14(11-15(18)13-29-22)5-8-25-17-6-9-28-10-7-17/h1-4,11-12,17,25H,5-10,13H2,(H,26,27). The number of fused-ring (bicyclic) bond motifs is 2. The Kier molecular flexibility index (Phi) is 4.81. The van der Waals surface area contributed by atoms with E-state index in [2.05, 4.69) is 22.8 Å². The van der Waals surface area contributed by atoms with E-state index in [1.165, 1.54) is 17.7 Å². The summed E-state index contributed by atoms with van der Waals surface area (Å²) in [5.41, 5.74) is 4.80. The highest BCUT2D eigenvalue weighted by Crippen LogP contribution is 2.41. The average Bonchev–Trinajstić information content (AvgIpc) is 3.28. The van der Waals surface area contributed by atoms with E-state index in [1.54, 1.807) is 6.07 Å². The molecule has 0 bridgehead atoms. The summed E-state index contributed by atoms with van der Waals surface area (Å²) in [5, 5.41) is 6.40. The highest BCUT2D eigenvalue weighted by atomic mass is 19.1. The van der Waals surface area contributed by atoms with E-state index in [1.807, 2.05) is 6.07 Å². The van der Waals surface area contributed by atoms with Gasteiger partial charge in [0.1, 0.15) is 18.2 Å². The van der Waals surface area contributed by atoms with E-state index in [0.717, 1.165) is 50.1 Å². The Morgan fingerprint density at radius 3 is 2.83 bits per heavy atom. The van der Waals surface area contributed by atoms with Crippen molar-refractivity contribution < 1.29 is 18.7 Å². The number of hydrogen-bond donors (Lipinski definition) is 2. The maximum atomic E-state index is 13.7. The molecular weight excluding hydrogens is 371 g/mol. The van der Waals surface area contributed by atoms with Crippen LogP contribution in [0.15, 0.2) is 36.4 Å². The van der Waals surface area contributed by atoms with E-state index in [4.69, 9.17) is 9.47 Å². The van der Waals surface area contributed by atoms with Gasteiger partial charge in [-0.25, -0.2) is 4.39 Å². The fourth-order valence-corrected chi connectivity index (χ4v) is 4.27. The lowest BCUT2D eigenvalue weighted by Gasteiger charge is -2.23. The lowest BCUT2D eigenvalue weighted by molar-refractivity contribution is -0.110. The Morgan fingerprint density at radius 1 is 1.10 bits per heavy atom. The van der Waals surface area contributed by atoms with E-state index >= 15 is 0 Å². The minimum Gasteiger partial charge on any atom is -0.487 e. The third kappa shape index (κ3) is 3.54. The molecule has 29 heavy (non-hydrogen) atoms. The largest absolute Gasteiger partial charge is 0.487 e. The first-order valence-electron chi connectivity index (χ1n) is 10.1. The second kappa shape index (κ2) is 7.61. The molecule has 0 unspecified atom stereocenters. The first-order chi connectivity index (χ1) is 14.2. The normalized spacial score (nSPS) is 20.9. The molecule has 0 aromatic heterocycles. The molecule has 3 aliphatic heterocycles. The second-order valence-corrected chi connectivity index (χ2v) is 7.72. The number of benzene rings is 2. The summed E-state index contributed by atoms with van der Waals surface area (Å²) in [6, 6.07) is 11.1. The van der Waals surface area contributed by atoms with E-state index in [-0.39, 0.29) is 11.7 Å². The number of rotatable bonds is 4. The van der Waals surface area contributed by atoms with Crippen molar-refractivity contribution in [3.05, 3.63) is 64.5 Å². The number of carbonyl (C=O) groups excluding carboxylic acids is 1. The van der Waals surface area contributed by atoms with Gasteiger partial charge in [-0.05, 0) is 49.6 Å². The first-order valence-corrected chi connectivity index (χ1v) is 10.1. The van der Waals surface area contributed by atoms with Crippen molar-refractivity contribution >= 4 is 22.9 Å². The lowest BCUT2D eigenvalue weighted by atomic mass is 9.98. The number of carbonyl (C=O) groups is 1. The van der Waals surface area contributed by atoms with Crippen LogP contribution in [0.1, 0.15) is 35.1 Å². The minimum absolute atomic E-state index is 0.252. The van der Waals surface area contributed by atoms with Gasteiger partial charge in [-0.3, -0.25) is 4.79 Å². The molecule has 2 N–H and O–H groups in total. The van der Waals surface area contributed by atoms with E-state index < -0.39 is 0 Å². The van der Waals surface area contributed by atoms with Crippen molar-refractivity contribution in [1.82, 2.24) is 5.32 Å². The van der Waals surface area contributed by atoms with Crippen LogP contribution in [0.4, 0.5) is 10.1 Å². The first kappa shape index (κ1) is 18.3. The Morgan fingerprint density at radius 2 is 1.97 bits per heavy atom. The molecule has 0 saturated carbocycles. The third-order valence-electron chi connectivity index (χ3n) is 5.81. The SMILES string of the molecule is O=C1Nc2ccc(F)cc2C1=C1OCc2cc(CCNC3CCOCC3)ccc21. The fourth-order valence-electron chi connectivity index (χ4n) is 4.27. The second-order valence-electron chi connectivity index (χ2n) is 7.72. The zero-order valence-electron chi connectivity index (χ0n) is 16.1. The van der Waals surface area contributed by atoms with Crippen molar-refractivity contribution in [3.63, 3.8) is 0 Å². The molecule has 1 fully saturated rings. The summed E-state index contributed by atoms with van der Waals surface area (Å²) < 4.78 is 25.0. The van der Waals surface area contributed by atoms with Gasteiger partial charge in [-0.15, -0.1) is 0 Å². The number of anilines is 1. The summed E-state index contributed by atoms with van der Waals surface area (Å²) in [7, 11) is 0. The average molecular weight is 394 g/mol. The molecule has 6 heteroatoms. The Bertz CT molecular complexity index is 996. The molecule has 0 atom stereocenters. The highest BCUT2D eigenvalue weighted by Gasteiger charge is 2.32. The topological polar surface area (TPSA) is 59.6 Å². The summed E-state index contributed by atoms with van der Waals surface area (Å²) in [5.74, 6) is -0.0872. The number of amides is 1. The minimum atomic E-state index is -0.371. The van der Waals surface area contributed by atoms with Crippen LogP contribution in [0.2, 0.25) is 0 Å². The van der Waals surface area contributed by atoms with Crippen LogP contribution in [-0.2, 0) is 27.3 Å². The van der Waals surface area contributed by atoms with Crippen LogP contribution < -0.4 is 10.6 Å². The van der Waals surface area contributed by atoms with Gasteiger partial charge in [-0.1, -0.05) is 18.2 Å². The third-order valence-corrected chi connectivity index (χ3v) is 5.81. The van der Waals surface area contributed by atoms with E-state index in [0.29, 0.717) is 35.2 Å². The molecule has 5 rings (SSSR count). The molecule has 1 saturated heterocycles. The summed E-state index contributed by atoms with van der Waals surface area (Å²) >= 11 is 0. The Hall–Kier alpha value is -2.70.